The summed E-state index contributed by atoms with van der Waals surface area (Å²) >= 11 is 3.42. The predicted octanol–water partition coefficient (Wildman–Crippen LogP) is 1.96. The second-order valence-corrected chi connectivity index (χ2v) is 4.44. The normalized spacial score (nSPS) is 12.2. The van der Waals surface area contributed by atoms with Gasteiger partial charge in [0.25, 0.3) is 11.3 Å². The predicted molar refractivity (Wildman–Crippen MR) is 64.8 cm³/mol. The third kappa shape index (κ3) is 3.59. The Morgan fingerprint density at radius 1 is 1.44 bits per heavy atom. The number of benzene rings is 1. The molecule has 0 amide bonds. The molecular weight excluding hydrogens is 250 g/mol. The zero-order chi connectivity index (χ0) is 12.1. The van der Waals surface area contributed by atoms with Crippen LogP contribution >= 0.6 is 11.6 Å². The van der Waals surface area contributed by atoms with Crippen LogP contribution in [-0.2, 0) is 21.9 Å². The zero-order valence-corrected chi connectivity index (χ0v) is 10.3. The van der Waals surface area contributed by atoms with Crippen LogP contribution in [0.5, 0.6) is 0 Å². The summed E-state index contributed by atoms with van der Waals surface area (Å²) in [7, 11) is 0. The van der Waals surface area contributed by atoms with Crippen LogP contribution in [0, 0.1) is 0 Å². The summed E-state index contributed by atoms with van der Waals surface area (Å²) in [5.41, 5.74) is 1.43. The first-order valence-corrected chi connectivity index (χ1v) is 6.17. The van der Waals surface area contributed by atoms with Gasteiger partial charge in [-0.2, -0.15) is 0 Å². The second kappa shape index (κ2) is 5.98. The molecule has 0 heterocycles. The highest BCUT2D eigenvalue weighted by Crippen LogP contribution is 2.17. The Morgan fingerprint density at radius 2 is 2.00 bits per heavy atom. The minimum atomic E-state index is -2.20. The van der Waals surface area contributed by atoms with Crippen molar-refractivity contribution >= 4 is 34.3 Å². The molecule has 0 aliphatic carbocycles. The first kappa shape index (κ1) is 13.2. The van der Waals surface area contributed by atoms with Crippen molar-refractivity contribution < 1.29 is 13.6 Å². The maximum absolute atomic E-state index is 11.0. The number of ketones is 1. The average Bonchev–Trinajstić information content (AvgIpc) is 2.25. The van der Waals surface area contributed by atoms with Crippen LogP contribution in [-0.4, -0.2) is 21.1 Å². The SMILES string of the molecule is CC(=O)CN(c1ccc(CCl)cc1)S(=O)O. The third-order valence-electron chi connectivity index (χ3n) is 1.93. The van der Waals surface area contributed by atoms with E-state index in [1.807, 2.05) is 0 Å². The molecule has 1 rings (SSSR count). The van der Waals surface area contributed by atoms with Gasteiger partial charge in [0, 0.05) is 5.88 Å². The van der Waals surface area contributed by atoms with Crippen LogP contribution in [0.2, 0.25) is 0 Å². The summed E-state index contributed by atoms with van der Waals surface area (Å²) in [4.78, 5) is 10.9. The minimum absolute atomic E-state index is 0.0939. The first-order chi connectivity index (χ1) is 7.54. The molecule has 1 unspecified atom stereocenters. The quantitative estimate of drug-likeness (QED) is 0.651. The van der Waals surface area contributed by atoms with Crippen molar-refractivity contribution in [1.82, 2.24) is 0 Å². The van der Waals surface area contributed by atoms with E-state index in [9.17, 15) is 9.00 Å². The summed E-state index contributed by atoms with van der Waals surface area (Å²) in [5, 5.41) is 0. The molecular formula is C10H12ClNO3S. The Hall–Kier alpha value is -0.910. The summed E-state index contributed by atoms with van der Waals surface area (Å²) in [6, 6.07) is 6.83. The molecule has 0 saturated heterocycles. The Bertz CT molecular complexity index is 394. The van der Waals surface area contributed by atoms with E-state index in [2.05, 4.69) is 0 Å². The molecule has 88 valence electrons. The van der Waals surface area contributed by atoms with Crippen LogP contribution < -0.4 is 4.31 Å². The van der Waals surface area contributed by atoms with Crippen LogP contribution in [0.25, 0.3) is 0 Å². The lowest BCUT2D eigenvalue weighted by Gasteiger charge is -2.18. The lowest BCUT2D eigenvalue weighted by atomic mass is 10.2. The number of carbonyl (C=O) groups is 1. The lowest BCUT2D eigenvalue weighted by molar-refractivity contribution is -0.115. The third-order valence-corrected chi connectivity index (χ3v) is 2.96. The lowest BCUT2D eigenvalue weighted by Crippen LogP contribution is -2.30. The molecule has 0 aromatic heterocycles. The maximum atomic E-state index is 11.0. The highest BCUT2D eigenvalue weighted by molar-refractivity contribution is 7.80. The van der Waals surface area contributed by atoms with Crippen molar-refractivity contribution in [2.24, 2.45) is 0 Å². The summed E-state index contributed by atoms with van der Waals surface area (Å²) in [5.74, 6) is 0.207. The molecule has 0 aliphatic heterocycles. The second-order valence-electron chi connectivity index (χ2n) is 3.27. The van der Waals surface area contributed by atoms with E-state index in [0.29, 0.717) is 11.6 Å². The standard InChI is InChI=1S/C10H12ClNO3S/c1-8(13)7-12(16(14)15)10-4-2-9(6-11)3-5-10/h2-5H,6-7H2,1H3,(H,14,15). The van der Waals surface area contributed by atoms with Gasteiger partial charge in [0.15, 0.2) is 0 Å². The van der Waals surface area contributed by atoms with E-state index in [1.165, 1.54) is 6.92 Å². The van der Waals surface area contributed by atoms with E-state index in [-0.39, 0.29) is 12.3 Å². The van der Waals surface area contributed by atoms with Gasteiger partial charge in [0.05, 0.1) is 12.2 Å². The molecule has 0 spiro atoms. The van der Waals surface area contributed by atoms with E-state index in [0.717, 1.165) is 9.87 Å². The van der Waals surface area contributed by atoms with E-state index < -0.39 is 11.3 Å². The number of hydrogen-bond donors (Lipinski definition) is 1. The molecule has 0 saturated carbocycles. The van der Waals surface area contributed by atoms with Crippen LogP contribution in [0.4, 0.5) is 5.69 Å². The monoisotopic (exact) mass is 261 g/mol. The molecule has 4 nitrogen and oxygen atoms in total. The largest absolute Gasteiger partial charge is 0.298 e. The molecule has 1 atom stereocenters. The zero-order valence-electron chi connectivity index (χ0n) is 8.72. The number of rotatable bonds is 5. The van der Waals surface area contributed by atoms with Gasteiger partial charge in [-0.25, -0.2) is 4.21 Å². The fraction of sp³-hybridized carbons (Fsp3) is 0.300. The number of Topliss-reactive ketones (excluding diaryl/α,β-unsaturated/α-hetero) is 1. The molecule has 0 radical (unpaired) electrons. The molecule has 0 aliphatic rings. The molecule has 1 aromatic rings. The van der Waals surface area contributed by atoms with Crippen molar-refractivity contribution in [2.75, 3.05) is 10.8 Å². The van der Waals surface area contributed by atoms with Gasteiger partial charge in [-0.15, -0.1) is 11.6 Å². The van der Waals surface area contributed by atoms with Crippen LogP contribution in [0.15, 0.2) is 24.3 Å². The molecule has 6 heteroatoms. The fourth-order valence-electron chi connectivity index (χ4n) is 1.19. The van der Waals surface area contributed by atoms with Gasteiger partial charge >= 0.3 is 0 Å². The summed E-state index contributed by atoms with van der Waals surface area (Å²) < 4.78 is 21.2. The molecule has 16 heavy (non-hydrogen) atoms. The summed E-state index contributed by atoms with van der Waals surface area (Å²) in [6.07, 6.45) is 0. The Balaban J connectivity index is 2.92. The van der Waals surface area contributed by atoms with Gasteiger partial charge in [-0.3, -0.25) is 13.7 Å². The Kier molecular flexibility index (Phi) is 4.92. The van der Waals surface area contributed by atoms with Crippen LogP contribution in [0.1, 0.15) is 12.5 Å². The number of hydrogen-bond acceptors (Lipinski definition) is 2. The maximum Gasteiger partial charge on any atom is 0.262 e. The van der Waals surface area contributed by atoms with Gasteiger partial charge in [-0.1, -0.05) is 12.1 Å². The molecule has 1 aromatic carbocycles. The topological polar surface area (TPSA) is 57.6 Å². The smallest absolute Gasteiger partial charge is 0.262 e. The molecule has 1 N–H and O–H groups in total. The first-order valence-electron chi connectivity index (χ1n) is 4.57. The number of nitrogens with zero attached hydrogens (tertiary/aromatic N) is 1. The Morgan fingerprint density at radius 3 is 2.38 bits per heavy atom. The summed E-state index contributed by atoms with van der Waals surface area (Å²) in [6.45, 7) is 1.27. The number of anilines is 1. The van der Waals surface area contributed by atoms with Crippen molar-refractivity contribution in [3.8, 4) is 0 Å². The van der Waals surface area contributed by atoms with E-state index in [1.54, 1.807) is 24.3 Å². The molecule has 0 bridgehead atoms. The van der Waals surface area contributed by atoms with Crippen molar-refractivity contribution in [3.05, 3.63) is 29.8 Å². The number of halogens is 1. The van der Waals surface area contributed by atoms with Gasteiger partial charge in [0.1, 0.15) is 5.78 Å². The van der Waals surface area contributed by atoms with Crippen molar-refractivity contribution in [2.45, 2.75) is 12.8 Å². The number of alkyl halides is 1. The van der Waals surface area contributed by atoms with E-state index >= 15 is 0 Å². The fourth-order valence-corrected chi connectivity index (χ4v) is 1.96. The Labute approximate surface area is 102 Å². The number of carbonyl (C=O) groups excluding carboxylic acids is 1. The van der Waals surface area contributed by atoms with Gasteiger partial charge < -0.3 is 0 Å². The highest BCUT2D eigenvalue weighted by atomic mass is 35.5. The van der Waals surface area contributed by atoms with Crippen molar-refractivity contribution in [1.29, 1.82) is 0 Å². The van der Waals surface area contributed by atoms with Gasteiger partial charge in [0.2, 0.25) is 0 Å². The average molecular weight is 262 g/mol. The van der Waals surface area contributed by atoms with Crippen molar-refractivity contribution in [3.63, 3.8) is 0 Å². The van der Waals surface area contributed by atoms with E-state index in [4.69, 9.17) is 16.2 Å². The minimum Gasteiger partial charge on any atom is -0.298 e. The van der Waals surface area contributed by atoms with Crippen LogP contribution in [0.3, 0.4) is 0 Å². The van der Waals surface area contributed by atoms with Gasteiger partial charge in [-0.05, 0) is 24.6 Å². The highest BCUT2D eigenvalue weighted by Gasteiger charge is 2.13. The molecule has 0 fully saturated rings.